The van der Waals surface area contributed by atoms with Gasteiger partial charge in [-0.25, -0.2) is 0 Å². The number of hydrogen-bond donors (Lipinski definition) is 0. The van der Waals surface area contributed by atoms with E-state index in [1.807, 2.05) is 13.8 Å². The van der Waals surface area contributed by atoms with Crippen LogP contribution in [0.2, 0.25) is 0 Å². The van der Waals surface area contributed by atoms with Crippen molar-refractivity contribution in [3.8, 4) is 0 Å². The van der Waals surface area contributed by atoms with Crippen LogP contribution >= 0.6 is 0 Å². The van der Waals surface area contributed by atoms with Crippen LogP contribution in [0.4, 0.5) is 0 Å². The molecule has 8 atom stereocenters. The third-order valence-corrected chi connectivity index (χ3v) is 8.96. The van der Waals surface area contributed by atoms with E-state index in [-0.39, 0.29) is 35.4 Å². The summed E-state index contributed by atoms with van der Waals surface area (Å²) in [7, 11) is 3.07. The molecule has 2 aliphatic heterocycles. The zero-order chi connectivity index (χ0) is 23.9. The van der Waals surface area contributed by atoms with E-state index in [2.05, 4.69) is 19.1 Å². The van der Waals surface area contributed by atoms with Gasteiger partial charge in [-0.05, 0) is 50.9 Å². The highest BCUT2D eigenvalue weighted by Gasteiger charge is 2.70. The van der Waals surface area contributed by atoms with Gasteiger partial charge in [-0.15, -0.1) is 0 Å². The first kappa shape index (κ1) is 24.4. The van der Waals surface area contributed by atoms with E-state index in [0.29, 0.717) is 32.0 Å². The fourth-order valence-electron chi connectivity index (χ4n) is 7.38. The second kappa shape index (κ2) is 9.49. The smallest absolute Gasteiger partial charge is 0.238 e. The Balaban J connectivity index is 1.69. The van der Waals surface area contributed by atoms with Gasteiger partial charge in [-0.1, -0.05) is 31.9 Å². The predicted molar refractivity (Wildman–Crippen MR) is 124 cm³/mol. The number of fused-ring (bicyclic) bond motifs is 2. The fraction of sp³-hybridized carbons (Fsp3) is 0.808. The Kier molecular flexibility index (Phi) is 7.02. The van der Waals surface area contributed by atoms with Crippen molar-refractivity contribution in [2.45, 2.75) is 64.7 Å². The quantitative estimate of drug-likeness (QED) is 0.431. The maximum atomic E-state index is 14.1. The normalized spacial score (nSPS) is 40.0. The van der Waals surface area contributed by atoms with Crippen LogP contribution in [0.25, 0.3) is 0 Å². The van der Waals surface area contributed by atoms with Crippen molar-refractivity contribution in [1.82, 2.24) is 9.80 Å². The molecule has 7 nitrogen and oxygen atoms in total. The first-order valence-corrected chi connectivity index (χ1v) is 12.8. The molecule has 7 heteroatoms. The summed E-state index contributed by atoms with van der Waals surface area (Å²) >= 11 is 0. The van der Waals surface area contributed by atoms with Gasteiger partial charge in [0.05, 0.1) is 5.92 Å². The van der Waals surface area contributed by atoms with Crippen molar-refractivity contribution < 1.29 is 23.9 Å². The molecule has 3 fully saturated rings. The number of hydrogen-bond acceptors (Lipinski definition) is 5. The highest BCUT2D eigenvalue weighted by atomic mass is 16.6. The first-order chi connectivity index (χ1) is 15.9. The molecule has 0 aromatic heterocycles. The number of Topliss-reactive ketones (excluding diaryl/α,β-unsaturated/α-hetero) is 1. The molecule has 33 heavy (non-hydrogen) atoms. The molecule has 1 saturated carbocycles. The van der Waals surface area contributed by atoms with E-state index in [9.17, 15) is 14.4 Å². The van der Waals surface area contributed by atoms with Crippen LogP contribution in [0, 0.1) is 35.5 Å². The van der Waals surface area contributed by atoms with Crippen molar-refractivity contribution in [3.63, 3.8) is 0 Å². The van der Waals surface area contributed by atoms with Crippen LogP contribution < -0.4 is 0 Å². The average molecular weight is 461 g/mol. The molecule has 0 aromatic rings. The van der Waals surface area contributed by atoms with E-state index >= 15 is 0 Å². The summed E-state index contributed by atoms with van der Waals surface area (Å²) < 4.78 is 12.0. The zero-order valence-corrected chi connectivity index (χ0v) is 20.8. The lowest BCUT2D eigenvalue weighted by Crippen LogP contribution is -2.58. The monoisotopic (exact) mass is 460 g/mol. The number of methoxy groups -OCH3 is 2. The first-order valence-electron chi connectivity index (χ1n) is 12.8. The molecule has 0 spiro atoms. The topological polar surface area (TPSA) is 76.2 Å². The van der Waals surface area contributed by atoms with Gasteiger partial charge in [0, 0.05) is 39.8 Å². The van der Waals surface area contributed by atoms with Crippen molar-refractivity contribution in [3.05, 3.63) is 12.2 Å². The van der Waals surface area contributed by atoms with Gasteiger partial charge < -0.3 is 19.3 Å². The van der Waals surface area contributed by atoms with Gasteiger partial charge >= 0.3 is 0 Å². The van der Waals surface area contributed by atoms with E-state index in [1.165, 1.54) is 20.6 Å². The highest BCUT2D eigenvalue weighted by Crippen LogP contribution is 2.52. The summed E-state index contributed by atoms with van der Waals surface area (Å²) in [6, 6.07) is 0. The van der Waals surface area contributed by atoms with Crippen LogP contribution in [0.3, 0.4) is 0 Å². The van der Waals surface area contributed by atoms with Crippen LogP contribution in [-0.2, 0) is 23.9 Å². The molecule has 1 unspecified atom stereocenters. The van der Waals surface area contributed by atoms with E-state index in [1.54, 1.807) is 9.80 Å². The Hall–Kier alpha value is -1.73. The lowest BCUT2D eigenvalue weighted by Gasteiger charge is -2.42. The molecule has 2 heterocycles. The number of carbonyl (C=O) groups excluding carboxylic acids is 3. The maximum Gasteiger partial charge on any atom is 0.238 e. The Labute approximate surface area is 197 Å². The number of carbonyl (C=O) groups is 3. The summed E-state index contributed by atoms with van der Waals surface area (Å²) in [5.74, 6) is -1.19. The van der Waals surface area contributed by atoms with Crippen LogP contribution in [-0.4, -0.2) is 73.1 Å². The largest absolute Gasteiger partial charge is 0.375 e. The van der Waals surface area contributed by atoms with Crippen molar-refractivity contribution >= 4 is 17.6 Å². The standard InChI is InChI=1S/C26H40N2O5/c1-6-27(7-2)24(30)19-14-15-28-25(31)21(23(32-4)26(19,28)33-5)22(29)20-16(3)12-13-17-10-8-9-11-18(17)20/h12-13,16-21,23H,6-11,14-15H2,1-5H3/t16-,17+,18-,19-,20?,21-,23+,26+/m0/s1. The predicted octanol–water partition coefficient (Wildman–Crippen LogP) is 2.89. The molecular formula is C26H40N2O5. The van der Waals surface area contributed by atoms with Crippen molar-refractivity contribution in [2.24, 2.45) is 35.5 Å². The van der Waals surface area contributed by atoms with Gasteiger partial charge in [0.2, 0.25) is 11.8 Å². The zero-order valence-electron chi connectivity index (χ0n) is 20.8. The third kappa shape index (κ3) is 3.57. The second-order valence-electron chi connectivity index (χ2n) is 10.2. The highest BCUT2D eigenvalue weighted by molar-refractivity contribution is 6.06. The van der Waals surface area contributed by atoms with E-state index in [0.717, 1.165) is 19.3 Å². The van der Waals surface area contributed by atoms with Gasteiger partial charge in [-0.3, -0.25) is 14.4 Å². The van der Waals surface area contributed by atoms with E-state index in [4.69, 9.17) is 9.47 Å². The number of allylic oxidation sites excluding steroid dienone is 2. The Bertz CT molecular complexity index is 809. The molecule has 0 bridgehead atoms. The molecule has 4 aliphatic rings. The molecule has 2 amide bonds. The molecule has 2 aliphatic carbocycles. The molecule has 0 N–H and O–H groups in total. The van der Waals surface area contributed by atoms with Gasteiger partial charge in [0.1, 0.15) is 12.0 Å². The summed E-state index contributed by atoms with van der Waals surface area (Å²) in [6.45, 7) is 7.58. The van der Waals surface area contributed by atoms with Gasteiger partial charge in [0.25, 0.3) is 0 Å². The lowest BCUT2D eigenvalue weighted by molar-refractivity contribution is -0.194. The molecule has 0 radical (unpaired) electrons. The number of ketones is 1. The minimum absolute atomic E-state index is 0.0273. The number of rotatable bonds is 7. The van der Waals surface area contributed by atoms with Crippen molar-refractivity contribution in [2.75, 3.05) is 33.9 Å². The Morgan fingerprint density at radius 3 is 2.45 bits per heavy atom. The minimum Gasteiger partial charge on any atom is -0.375 e. The summed E-state index contributed by atoms with van der Waals surface area (Å²) in [5.41, 5.74) is -1.23. The average Bonchev–Trinajstić information content (AvgIpc) is 3.32. The van der Waals surface area contributed by atoms with E-state index < -0.39 is 23.7 Å². The SMILES string of the molecule is CCN(CC)C(=O)[C@@H]1CCN2C(=O)[C@@H](C(=O)C3[C@H]4CCCC[C@@H]4C=C[C@@H]3C)[C@@H](OC)[C@]12OC. The molecule has 0 aromatic carbocycles. The number of ether oxygens (including phenoxy) is 2. The van der Waals surface area contributed by atoms with Crippen LogP contribution in [0.5, 0.6) is 0 Å². The maximum absolute atomic E-state index is 14.1. The Morgan fingerprint density at radius 1 is 1.12 bits per heavy atom. The molecule has 2 saturated heterocycles. The van der Waals surface area contributed by atoms with Crippen LogP contribution in [0.15, 0.2) is 12.2 Å². The van der Waals surface area contributed by atoms with Gasteiger partial charge in [-0.2, -0.15) is 0 Å². The molecule has 184 valence electrons. The van der Waals surface area contributed by atoms with Crippen LogP contribution in [0.1, 0.15) is 52.9 Å². The summed E-state index contributed by atoms with van der Waals surface area (Å²) in [5, 5.41) is 0. The Morgan fingerprint density at radius 2 is 1.82 bits per heavy atom. The minimum atomic E-state index is -1.23. The number of nitrogens with zero attached hydrogens (tertiary/aromatic N) is 2. The van der Waals surface area contributed by atoms with Crippen molar-refractivity contribution in [1.29, 1.82) is 0 Å². The molecule has 4 rings (SSSR count). The third-order valence-electron chi connectivity index (χ3n) is 8.96. The summed E-state index contributed by atoms with van der Waals surface area (Å²) in [6.07, 6.45) is 8.63. The van der Waals surface area contributed by atoms with Gasteiger partial charge in [0.15, 0.2) is 11.5 Å². The second-order valence-corrected chi connectivity index (χ2v) is 10.2. The summed E-state index contributed by atoms with van der Waals surface area (Å²) in [4.78, 5) is 44.8. The molecular weight excluding hydrogens is 420 g/mol. The lowest BCUT2D eigenvalue weighted by atomic mass is 9.62. The number of amides is 2. The fourth-order valence-corrected chi connectivity index (χ4v) is 7.38.